The third-order valence-corrected chi connectivity index (χ3v) is 3.22. The summed E-state index contributed by atoms with van der Waals surface area (Å²) in [6.45, 7) is 3.79. The highest BCUT2D eigenvalue weighted by Crippen LogP contribution is 2.23. The highest BCUT2D eigenvalue weighted by molar-refractivity contribution is 8.00. The average Bonchev–Trinajstić information content (AvgIpc) is 2.39. The number of aromatic nitrogens is 2. The van der Waals surface area contributed by atoms with E-state index in [0.717, 1.165) is 17.0 Å². The Bertz CT molecular complexity index is 575. The lowest BCUT2D eigenvalue weighted by molar-refractivity contribution is 0.934. The second-order valence-corrected chi connectivity index (χ2v) is 5.24. The van der Waals surface area contributed by atoms with Crippen LogP contribution in [-0.4, -0.2) is 15.2 Å². The van der Waals surface area contributed by atoms with Gasteiger partial charge in [0.1, 0.15) is 0 Å². The molecule has 0 saturated carbocycles. The minimum Gasteiger partial charge on any atom is -0.228 e. The van der Waals surface area contributed by atoms with Crippen molar-refractivity contribution in [1.82, 2.24) is 9.97 Å². The zero-order valence-corrected chi connectivity index (χ0v) is 11.1. The molecule has 18 heavy (non-hydrogen) atoms. The molecule has 2 rings (SSSR count). The molecule has 0 radical (unpaired) electrons. The van der Waals surface area contributed by atoms with E-state index in [-0.39, 0.29) is 5.25 Å². The minimum atomic E-state index is -0.143. The molecule has 0 aliphatic rings. The molecule has 2 aromatic rings. The summed E-state index contributed by atoms with van der Waals surface area (Å²) in [5.74, 6) is 0. The Labute approximate surface area is 111 Å². The Hall–Kier alpha value is -1.86. The summed E-state index contributed by atoms with van der Waals surface area (Å²) >= 11 is 1.38. The average molecular weight is 255 g/mol. The Morgan fingerprint density at radius 2 is 1.94 bits per heavy atom. The molecule has 0 saturated heterocycles. The van der Waals surface area contributed by atoms with Crippen LogP contribution in [0.25, 0.3) is 11.3 Å². The Kier molecular flexibility index (Phi) is 3.96. The zero-order valence-electron chi connectivity index (χ0n) is 10.3. The molecule has 0 N–H and O–H groups in total. The molecule has 1 aromatic carbocycles. The van der Waals surface area contributed by atoms with Crippen molar-refractivity contribution >= 4 is 11.8 Å². The Balaban J connectivity index is 2.36. The summed E-state index contributed by atoms with van der Waals surface area (Å²) in [5.41, 5.74) is 2.88. The SMILES string of the molecule is Cc1cc(-c2ccccc2)nc(S[C@H](C)C#N)n1. The van der Waals surface area contributed by atoms with Crippen LogP contribution in [0.1, 0.15) is 12.6 Å². The normalized spacial score (nSPS) is 11.8. The predicted octanol–water partition coefficient (Wildman–Crippen LogP) is 3.46. The fourth-order valence-corrected chi connectivity index (χ4v) is 2.25. The zero-order chi connectivity index (χ0) is 13.0. The number of aryl methyl sites for hydroxylation is 1. The van der Waals surface area contributed by atoms with Gasteiger partial charge >= 0.3 is 0 Å². The van der Waals surface area contributed by atoms with Crippen LogP contribution >= 0.6 is 11.8 Å². The third kappa shape index (κ3) is 3.08. The fourth-order valence-electron chi connectivity index (χ4n) is 1.54. The molecular formula is C14H13N3S. The topological polar surface area (TPSA) is 49.6 Å². The first-order valence-corrected chi connectivity index (χ1v) is 6.54. The van der Waals surface area contributed by atoms with Gasteiger partial charge in [0.25, 0.3) is 0 Å². The van der Waals surface area contributed by atoms with Crippen molar-refractivity contribution in [3.05, 3.63) is 42.1 Å². The maximum absolute atomic E-state index is 8.83. The lowest BCUT2D eigenvalue weighted by Crippen LogP contribution is -1.97. The van der Waals surface area contributed by atoms with E-state index in [9.17, 15) is 0 Å². The van der Waals surface area contributed by atoms with Gasteiger partial charge in [-0.25, -0.2) is 9.97 Å². The van der Waals surface area contributed by atoms with Gasteiger partial charge in [0.2, 0.25) is 0 Å². The van der Waals surface area contributed by atoms with Gasteiger partial charge in [-0.15, -0.1) is 0 Å². The van der Waals surface area contributed by atoms with Crippen LogP contribution in [0.4, 0.5) is 0 Å². The molecule has 0 spiro atoms. The highest BCUT2D eigenvalue weighted by Gasteiger charge is 2.08. The maximum atomic E-state index is 8.83. The molecule has 0 amide bonds. The molecule has 90 valence electrons. The van der Waals surface area contributed by atoms with Gasteiger partial charge < -0.3 is 0 Å². The van der Waals surface area contributed by atoms with Crippen LogP contribution in [0.2, 0.25) is 0 Å². The Morgan fingerprint density at radius 1 is 1.22 bits per heavy atom. The monoisotopic (exact) mass is 255 g/mol. The summed E-state index contributed by atoms with van der Waals surface area (Å²) < 4.78 is 0. The fraction of sp³-hybridized carbons (Fsp3) is 0.214. The summed E-state index contributed by atoms with van der Waals surface area (Å²) in [6, 6.07) is 14.1. The van der Waals surface area contributed by atoms with Gasteiger partial charge in [-0.05, 0) is 19.9 Å². The van der Waals surface area contributed by atoms with Crippen LogP contribution in [0.5, 0.6) is 0 Å². The Morgan fingerprint density at radius 3 is 2.61 bits per heavy atom. The molecular weight excluding hydrogens is 242 g/mol. The summed E-state index contributed by atoms with van der Waals surface area (Å²) in [6.07, 6.45) is 0. The number of nitrogens with zero attached hydrogens (tertiary/aromatic N) is 3. The van der Waals surface area contributed by atoms with Crippen molar-refractivity contribution in [3.63, 3.8) is 0 Å². The van der Waals surface area contributed by atoms with Crippen molar-refractivity contribution in [3.8, 4) is 17.3 Å². The highest BCUT2D eigenvalue weighted by atomic mass is 32.2. The second kappa shape index (κ2) is 5.65. The van der Waals surface area contributed by atoms with E-state index >= 15 is 0 Å². The van der Waals surface area contributed by atoms with Gasteiger partial charge in [-0.3, -0.25) is 0 Å². The predicted molar refractivity (Wildman–Crippen MR) is 73.1 cm³/mol. The molecule has 0 unspecified atom stereocenters. The van der Waals surface area contributed by atoms with Crippen molar-refractivity contribution in [2.45, 2.75) is 24.3 Å². The molecule has 0 bridgehead atoms. The number of benzene rings is 1. The molecule has 0 aliphatic carbocycles. The molecule has 0 aliphatic heterocycles. The summed E-state index contributed by atoms with van der Waals surface area (Å²) in [7, 11) is 0. The minimum absolute atomic E-state index is 0.143. The molecule has 0 fully saturated rings. The summed E-state index contributed by atoms with van der Waals surface area (Å²) in [5, 5.41) is 9.34. The lowest BCUT2D eigenvalue weighted by atomic mass is 10.1. The molecule has 1 heterocycles. The van der Waals surface area contributed by atoms with Crippen LogP contribution in [0.15, 0.2) is 41.6 Å². The largest absolute Gasteiger partial charge is 0.228 e. The van der Waals surface area contributed by atoms with Gasteiger partial charge in [-0.1, -0.05) is 42.1 Å². The number of rotatable bonds is 3. The first-order chi connectivity index (χ1) is 8.69. The van der Waals surface area contributed by atoms with Crippen LogP contribution < -0.4 is 0 Å². The van der Waals surface area contributed by atoms with Crippen molar-refractivity contribution in [1.29, 1.82) is 5.26 Å². The molecule has 4 heteroatoms. The van der Waals surface area contributed by atoms with E-state index in [4.69, 9.17) is 5.26 Å². The number of thioether (sulfide) groups is 1. The number of hydrogen-bond acceptors (Lipinski definition) is 4. The smallest absolute Gasteiger partial charge is 0.189 e. The number of hydrogen-bond donors (Lipinski definition) is 0. The van der Waals surface area contributed by atoms with E-state index < -0.39 is 0 Å². The van der Waals surface area contributed by atoms with Gasteiger partial charge in [-0.2, -0.15) is 5.26 Å². The molecule has 1 aromatic heterocycles. The molecule has 1 atom stereocenters. The summed E-state index contributed by atoms with van der Waals surface area (Å²) in [4.78, 5) is 8.84. The van der Waals surface area contributed by atoms with Crippen molar-refractivity contribution < 1.29 is 0 Å². The number of nitriles is 1. The standard InChI is InChI=1S/C14H13N3S/c1-10-8-13(12-6-4-3-5-7-12)17-14(16-10)18-11(2)9-15/h3-8,11H,1-2H3/t11-/m1/s1. The first kappa shape index (κ1) is 12.6. The maximum Gasteiger partial charge on any atom is 0.189 e. The second-order valence-electron chi connectivity index (χ2n) is 3.93. The van der Waals surface area contributed by atoms with E-state index in [1.54, 1.807) is 0 Å². The third-order valence-electron chi connectivity index (χ3n) is 2.37. The lowest BCUT2D eigenvalue weighted by Gasteiger charge is -2.06. The van der Waals surface area contributed by atoms with Crippen LogP contribution in [-0.2, 0) is 0 Å². The van der Waals surface area contributed by atoms with E-state index in [2.05, 4.69) is 16.0 Å². The van der Waals surface area contributed by atoms with Crippen LogP contribution in [0.3, 0.4) is 0 Å². The quantitative estimate of drug-likeness (QED) is 0.622. The van der Waals surface area contributed by atoms with Crippen molar-refractivity contribution in [2.24, 2.45) is 0 Å². The van der Waals surface area contributed by atoms with E-state index in [1.165, 1.54) is 11.8 Å². The van der Waals surface area contributed by atoms with E-state index in [0.29, 0.717) is 5.16 Å². The van der Waals surface area contributed by atoms with Gasteiger partial charge in [0.05, 0.1) is 17.0 Å². The first-order valence-electron chi connectivity index (χ1n) is 5.66. The van der Waals surface area contributed by atoms with Gasteiger partial charge in [0.15, 0.2) is 5.16 Å². The van der Waals surface area contributed by atoms with E-state index in [1.807, 2.05) is 50.2 Å². The molecule has 3 nitrogen and oxygen atoms in total. The van der Waals surface area contributed by atoms with Gasteiger partial charge in [0, 0.05) is 11.3 Å². The van der Waals surface area contributed by atoms with Crippen LogP contribution in [0, 0.1) is 18.3 Å². The van der Waals surface area contributed by atoms with Crippen molar-refractivity contribution in [2.75, 3.05) is 0 Å².